The summed E-state index contributed by atoms with van der Waals surface area (Å²) >= 11 is 0. The Labute approximate surface area is 126 Å². The van der Waals surface area contributed by atoms with Crippen LogP contribution in [0.5, 0.6) is 0 Å². The van der Waals surface area contributed by atoms with Gasteiger partial charge in [-0.1, -0.05) is 0 Å². The van der Waals surface area contributed by atoms with Crippen molar-refractivity contribution in [2.45, 2.75) is 4.90 Å². The molecule has 0 saturated carbocycles. The number of hydrogen-bond acceptors (Lipinski definition) is 7. The predicted octanol–water partition coefficient (Wildman–Crippen LogP) is -3.13. The van der Waals surface area contributed by atoms with Crippen LogP contribution in [0.2, 0.25) is 0 Å². The van der Waals surface area contributed by atoms with E-state index < -0.39 is 25.6 Å². The standard InChI is InChI=1S/C8H11N3O5S.Na/c9-3-4-10-7-2-1-6(11(12)13)5-8(7)17(14,15)16;/h1-2,5,10H,3-4,9H2,(H,14,15,16);/q;+1/p-1. The van der Waals surface area contributed by atoms with Gasteiger partial charge in [-0.3, -0.25) is 10.1 Å². The normalized spacial score (nSPS) is 10.6. The van der Waals surface area contributed by atoms with Crippen LogP contribution in [-0.4, -0.2) is 31.0 Å². The molecule has 3 N–H and O–H groups in total. The maximum Gasteiger partial charge on any atom is 1.00 e. The van der Waals surface area contributed by atoms with Gasteiger partial charge in [0.2, 0.25) is 0 Å². The Hall–Kier alpha value is -0.710. The number of benzene rings is 1. The van der Waals surface area contributed by atoms with E-state index in [-0.39, 0.29) is 48.3 Å². The van der Waals surface area contributed by atoms with Crippen LogP contribution < -0.4 is 40.6 Å². The fourth-order valence-corrected chi connectivity index (χ4v) is 1.86. The van der Waals surface area contributed by atoms with E-state index in [4.69, 9.17) is 5.73 Å². The largest absolute Gasteiger partial charge is 1.00 e. The van der Waals surface area contributed by atoms with Gasteiger partial charge >= 0.3 is 29.6 Å². The van der Waals surface area contributed by atoms with Crippen molar-refractivity contribution in [1.82, 2.24) is 0 Å². The average molecular weight is 283 g/mol. The minimum Gasteiger partial charge on any atom is -0.744 e. The van der Waals surface area contributed by atoms with E-state index in [1.165, 1.54) is 6.07 Å². The van der Waals surface area contributed by atoms with E-state index in [0.717, 1.165) is 12.1 Å². The molecule has 18 heavy (non-hydrogen) atoms. The molecule has 0 spiro atoms. The fraction of sp³-hybridized carbons (Fsp3) is 0.250. The van der Waals surface area contributed by atoms with E-state index in [9.17, 15) is 23.1 Å². The summed E-state index contributed by atoms with van der Waals surface area (Å²) in [6.07, 6.45) is 0. The summed E-state index contributed by atoms with van der Waals surface area (Å²) in [7, 11) is -4.78. The molecule has 0 heterocycles. The monoisotopic (exact) mass is 283 g/mol. The van der Waals surface area contributed by atoms with Gasteiger partial charge in [-0.2, -0.15) is 0 Å². The Kier molecular flexibility index (Phi) is 6.74. The minimum atomic E-state index is -4.78. The number of nitrogens with zero attached hydrogens (tertiary/aromatic N) is 1. The van der Waals surface area contributed by atoms with Crippen LogP contribution in [0.15, 0.2) is 23.1 Å². The Morgan fingerprint density at radius 3 is 2.44 bits per heavy atom. The zero-order chi connectivity index (χ0) is 13.1. The van der Waals surface area contributed by atoms with Crippen molar-refractivity contribution in [3.8, 4) is 0 Å². The van der Waals surface area contributed by atoms with Crippen LogP contribution in [0, 0.1) is 10.1 Å². The molecule has 0 aliphatic heterocycles. The van der Waals surface area contributed by atoms with E-state index in [0.29, 0.717) is 0 Å². The summed E-state index contributed by atoms with van der Waals surface area (Å²) in [5.74, 6) is 0. The van der Waals surface area contributed by atoms with E-state index in [1.54, 1.807) is 0 Å². The molecule has 0 fully saturated rings. The minimum absolute atomic E-state index is 0. The summed E-state index contributed by atoms with van der Waals surface area (Å²) in [6, 6.07) is 2.99. The van der Waals surface area contributed by atoms with Crippen molar-refractivity contribution in [2.75, 3.05) is 18.4 Å². The van der Waals surface area contributed by atoms with Gasteiger partial charge in [0.25, 0.3) is 5.69 Å². The van der Waals surface area contributed by atoms with Crippen LogP contribution in [0.4, 0.5) is 11.4 Å². The second-order valence-electron chi connectivity index (χ2n) is 3.11. The second-order valence-corrected chi connectivity index (χ2v) is 4.46. The number of rotatable bonds is 5. The third-order valence-corrected chi connectivity index (χ3v) is 2.78. The van der Waals surface area contributed by atoms with Crippen molar-refractivity contribution in [3.05, 3.63) is 28.3 Å². The van der Waals surface area contributed by atoms with Gasteiger partial charge in [0.1, 0.15) is 10.1 Å². The van der Waals surface area contributed by atoms with Crippen molar-refractivity contribution < 1.29 is 47.5 Å². The molecule has 0 saturated heterocycles. The molecule has 0 aliphatic rings. The van der Waals surface area contributed by atoms with E-state index >= 15 is 0 Å². The quantitative estimate of drug-likeness (QED) is 0.252. The van der Waals surface area contributed by atoms with Crippen LogP contribution in [0.3, 0.4) is 0 Å². The number of nitro benzene ring substituents is 1. The first kappa shape index (κ1) is 17.3. The van der Waals surface area contributed by atoms with Crippen molar-refractivity contribution in [2.24, 2.45) is 5.73 Å². The van der Waals surface area contributed by atoms with Crippen LogP contribution >= 0.6 is 0 Å². The number of nitro groups is 1. The molecular weight excluding hydrogens is 273 g/mol. The van der Waals surface area contributed by atoms with Crippen LogP contribution in [-0.2, 0) is 10.1 Å². The second kappa shape index (κ2) is 7.02. The number of hydrogen-bond donors (Lipinski definition) is 2. The van der Waals surface area contributed by atoms with Gasteiger partial charge in [-0.25, -0.2) is 8.42 Å². The van der Waals surface area contributed by atoms with Gasteiger partial charge in [0, 0.05) is 25.2 Å². The van der Waals surface area contributed by atoms with Crippen LogP contribution in [0.25, 0.3) is 0 Å². The smallest absolute Gasteiger partial charge is 0.744 e. The summed E-state index contributed by atoms with van der Waals surface area (Å²) in [6.45, 7) is 0.482. The zero-order valence-electron chi connectivity index (χ0n) is 9.62. The molecule has 1 rings (SSSR count). The zero-order valence-corrected chi connectivity index (χ0v) is 12.4. The Balaban J connectivity index is 0.00000289. The number of non-ortho nitro benzene ring substituents is 1. The van der Waals surface area contributed by atoms with Gasteiger partial charge in [-0.05, 0) is 6.07 Å². The van der Waals surface area contributed by atoms with Crippen molar-refractivity contribution in [3.63, 3.8) is 0 Å². The molecule has 0 aromatic heterocycles. The molecule has 0 bridgehead atoms. The van der Waals surface area contributed by atoms with Gasteiger partial charge in [0.15, 0.2) is 0 Å². The molecule has 94 valence electrons. The number of anilines is 1. The SMILES string of the molecule is NCCNc1ccc([N+](=O)[O-])cc1S(=O)(=O)[O-].[Na+]. The first-order chi connectivity index (χ1) is 7.86. The van der Waals surface area contributed by atoms with Crippen molar-refractivity contribution in [1.29, 1.82) is 0 Å². The number of nitrogens with one attached hydrogen (secondary N) is 1. The molecule has 0 amide bonds. The van der Waals surface area contributed by atoms with Crippen LogP contribution in [0.1, 0.15) is 0 Å². The Morgan fingerprint density at radius 2 is 2.00 bits per heavy atom. The fourth-order valence-electron chi connectivity index (χ4n) is 1.18. The Morgan fingerprint density at radius 1 is 1.39 bits per heavy atom. The predicted molar refractivity (Wildman–Crippen MR) is 58.6 cm³/mol. The van der Waals surface area contributed by atoms with Gasteiger partial charge in [0.05, 0.1) is 15.5 Å². The topological polar surface area (TPSA) is 138 Å². The van der Waals surface area contributed by atoms with Gasteiger partial charge < -0.3 is 15.6 Å². The molecule has 0 unspecified atom stereocenters. The maximum atomic E-state index is 10.9. The summed E-state index contributed by atoms with van der Waals surface area (Å²) < 4.78 is 32.8. The first-order valence-electron chi connectivity index (χ1n) is 4.54. The average Bonchev–Trinajstić information content (AvgIpc) is 2.24. The molecule has 0 atom stereocenters. The number of nitrogens with two attached hydrogens (primary N) is 1. The molecule has 1 aromatic rings. The first-order valence-corrected chi connectivity index (χ1v) is 5.95. The van der Waals surface area contributed by atoms with E-state index in [2.05, 4.69) is 5.32 Å². The molecule has 8 nitrogen and oxygen atoms in total. The maximum absolute atomic E-state index is 10.9. The third-order valence-electron chi connectivity index (χ3n) is 1.91. The summed E-state index contributed by atoms with van der Waals surface area (Å²) in [4.78, 5) is 9.04. The summed E-state index contributed by atoms with van der Waals surface area (Å²) in [5.41, 5.74) is 4.77. The van der Waals surface area contributed by atoms with E-state index in [1.807, 2.05) is 0 Å². The molecular formula is C8H10N3NaO5S. The van der Waals surface area contributed by atoms with Crippen molar-refractivity contribution >= 4 is 21.5 Å². The Bertz CT molecular complexity index is 534. The molecule has 1 aromatic carbocycles. The van der Waals surface area contributed by atoms with Gasteiger partial charge in [-0.15, -0.1) is 0 Å². The molecule has 10 heteroatoms. The summed E-state index contributed by atoms with van der Waals surface area (Å²) in [5, 5.41) is 13.1. The molecule has 0 radical (unpaired) electrons. The third kappa shape index (κ3) is 4.52. The molecule has 0 aliphatic carbocycles.